The third-order valence-electron chi connectivity index (χ3n) is 5.03. The van der Waals surface area contributed by atoms with Crippen LogP contribution in [0.25, 0.3) is 0 Å². The van der Waals surface area contributed by atoms with Crippen LogP contribution in [0.3, 0.4) is 0 Å². The number of esters is 1. The molecule has 0 aliphatic heterocycles. The summed E-state index contributed by atoms with van der Waals surface area (Å²) in [5, 5.41) is 0.105. The molecule has 3 nitrogen and oxygen atoms in total. The Hall–Kier alpha value is -1.55. The van der Waals surface area contributed by atoms with Crippen molar-refractivity contribution < 1.29 is 14.3 Å². The molecule has 26 heavy (non-hydrogen) atoms. The first kappa shape index (κ1) is 20.8. The Bertz CT molecular complexity index is 638. The highest BCUT2D eigenvalue weighted by Crippen LogP contribution is 2.41. The zero-order valence-corrected chi connectivity index (χ0v) is 16.9. The van der Waals surface area contributed by atoms with Gasteiger partial charge >= 0.3 is 5.97 Å². The second kappa shape index (κ2) is 10.6. The van der Waals surface area contributed by atoms with Crippen LogP contribution in [0, 0.1) is 18.8 Å². The number of hydrogen-bond acceptors (Lipinski definition) is 4. The van der Waals surface area contributed by atoms with E-state index in [2.05, 4.69) is 38.1 Å². The van der Waals surface area contributed by atoms with Gasteiger partial charge in [0.05, 0.1) is 7.11 Å². The van der Waals surface area contributed by atoms with Crippen LogP contribution in [-0.2, 0) is 14.3 Å². The van der Waals surface area contributed by atoms with Crippen molar-refractivity contribution in [2.24, 2.45) is 11.8 Å². The Balaban J connectivity index is 2.20. The molecule has 0 heterocycles. The van der Waals surface area contributed by atoms with Crippen molar-refractivity contribution in [2.75, 3.05) is 7.11 Å². The van der Waals surface area contributed by atoms with Crippen molar-refractivity contribution in [1.29, 1.82) is 0 Å². The Morgan fingerprint density at radius 3 is 2.81 bits per heavy atom. The zero-order valence-electron chi connectivity index (χ0n) is 16.1. The minimum atomic E-state index is -0.623. The average molecular weight is 375 g/mol. The van der Waals surface area contributed by atoms with Gasteiger partial charge in [0.1, 0.15) is 11.7 Å². The highest BCUT2D eigenvalue weighted by atomic mass is 32.2. The molecule has 0 N–H and O–H groups in total. The Labute approximate surface area is 161 Å². The lowest BCUT2D eigenvalue weighted by Crippen LogP contribution is -2.31. The van der Waals surface area contributed by atoms with Crippen molar-refractivity contribution >= 4 is 23.5 Å². The van der Waals surface area contributed by atoms with Gasteiger partial charge in [-0.05, 0) is 43.7 Å². The molecular formula is C22H30O3S. The standard InChI is InChI=1S/C22H30O3S/c1-4-5-6-7-8-13-20(26-19-12-10-9-11-16(19)2)17-14-15-18(23)21(17)22(24)25-3/h8-13,17,20-21H,4-7,14-15H2,1-3H3/b13-8+. The molecule has 1 fully saturated rings. The van der Waals surface area contributed by atoms with Crippen LogP contribution in [0.1, 0.15) is 51.0 Å². The molecule has 2 rings (SSSR count). The fourth-order valence-corrected chi connectivity index (χ4v) is 4.87. The van der Waals surface area contributed by atoms with Crippen LogP contribution >= 0.6 is 11.8 Å². The Morgan fingerprint density at radius 2 is 2.12 bits per heavy atom. The number of Topliss-reactive ketones (excluding diaryl/α,β-unsaturated/α-hetero) is 1. The summed E-state index contributed by atoms with van der Waals surface area (Å²) in [5.41, 5.74) is 1.22. The molecular weight excluding hydrogens is 344 g/mol. The van der Waals surface area contributed by atoms with Gasteiger partial charge in [0, 0.05) is 16.6 Å². The molecule has 3 unspecified atom stereocenters. The number of aryl methyl sites for hydroxylation is 1. The van der Waals surface area contributed by atoms with Crippen LogP contribution in [-0.4, -0.2) is 24.1 Å². The van der Waals surface area contributed by atoms with Crippen molar-refractivity contribution in [3.8, 4) is 0 Å². The molecule has 0 bridgehead atoms. The predicted molar refractivity (Wildman–Crippen MR) is 107 cm³/mol. The van der Waals surface area contributed by atoms with E-state index < -0.39 is 5.92 Å². The third kappa shape index (κ3) is 5.47. The third-order valence-corrected chi connectivity index (χ3v) is 6.52. The van der Waals surface area contributed by atoms with Gasteiger partial charge in [-0.2, -0.15) is 0 Å². The van der Waals surface area contributed by atoms with Gasteiger partial charge in [0.25, 0.3) is 0 Å². The number of benzene rings is 1. The minimum absolute atomic E-state index is 0.00183. The molecule has 1 aliphatic rings. The maximum absolute atomic E-state index is 12.3. The van der Waals surface area contributed by atoms with Crippen molar-refractivity contribution in [3.05, 3.63) is 42.0 Å². The first-order chi connectivity index (χ1) is 12.6. The number of carbonyl (C=O) groups is 2. The van der Waals surface area contributed by atoms with E-state index in [1.807, 2.05) is 12.1 Å². The molecule has 142 valence electrons. The zero-order chi connectivity index (χ0) is 18.9. The van der Waals surface area contributed by atoms with E-state index >= 15 is 0 Å². The Kier molecular flexibility index (Phi) is 8.43. The number of carbonyl (C=O) groups excluding carboxylic acids is 2. The quantitative estimate of drug-likeness (QED) is 0.192. The molecule has 1 aromatic carbocycles. The topological polar surface area (TPSA) is 43.4 Å². The number of unbranched alkanes of at least 4 members (excludes halogenated alkanes) is 3. The van der Waals surface area contributed by atoms with Gasteiger partial charge in [0.15, 0.2) is 0 Å². The number of ether oxygens (including phenoxy) is 1. The van der Waals surface area contributed by atoms with Crippen LogP contribution < -0.4 is 0 Å². The number of allylic oxidation sites excluding steroid dienone is 1. The molecule has 0 saturated heterocycles. The number of methoxy groups -OCH3 is 1. The van der Waals surface area contributed by atoms with Gasteiger partial charge in [-0.3, -0.25) is 9.59 Å². The van der Waals surface area contributed by atoms with Crippen LogP contribution in [0.5, 0.6) is 0 Å². The summed E-state index contributed by atoms with van der Waals surface area (Å²) < 4.78 is 4.92. The highest BCUT2D eigenvalue weighted by molar-refractivity contribution is 8.00. The lowest BCUT2D eigenvalue weighted by atomic mass is 9.91. The van der Waals surface area contributed by atoms with E-state index in [9.17, 15) is 9.59 Å². The summed E-state index contributed by atoms with van der Waals surface area (Å²) in [6, 6.07) is 8.28. The number of thioether (sulfide) groups is 1. The minimum Gasteiger partial charge on any atom is -0.468 e. The predicted octanol–water partition coefficient (Wildman–Crippen LogP) is 5.36. The maximum atomic E-state index is 12.3. The van der Waals surface area contributed by atoms with Gasteiger partial charge < -0.3 is 4.74 Å². The summed E-state index contributed by atoms with van der Waals surface area (Å²) in [4.78, 5) is 25.7. The summed E-state index contributed by atoms with van der Waals surface area (Å²) in [6.45, 7) is 4.30. The molecule has 4 heteroatoms. The highest BCUT2D eigenvalue weighted by Gasteiger charge is 2.44. The smallest absolute Gasteiger partial charge is 0.316 e. The van der Waals surface area contributed by atoms with Crippen LogP contribution in [0.4, 0.5) is 0 Å². The van der Waals surface area contributed by atoms with Gasteiger partial charge in [-0.25, -0.2) is 0 Å². The number of ketones is 1. The number of rotatable bonds is 9. The first-order valence-electron chi connectivity index (χ1n) is 9.58. The molecule has 0 radical (unpaired) electrons. The lowest BCUT2D eigenvalue weighted by Gasteiger charge is -2.24. The molecule has 0 aromatic heterocycles. The average Bonchev–Trinajstić information content (AvgIpc) is 3.03. The van der Waals surface area contributed by atoms with E-state index in [4.69, 9.17) is 4.74 Å². The molecule has 1 aromatic rings. The second-order valence-electron chi connectivity index (χ2n) is 6.94. The van der Waals surface area contributed by atoms with Crippen molar-refractivity contribution in [3.63, 3.8) is 0 Å². The van der Waals surface area contributed by atoms with Crippen molar-refractivity contribution in [1.82, 2.24) is 0 Å². The SMILES string of the molecule is CCCCC/C=C/C(Sc1ccccc1C)C1CCC(=O)C1C(=O)OC. The van der Waals surface area contributed by atoms with Crippen molar-refractivity contribution in [2.45, 2.75) is 62.5 Å². The fraction of sp³-hybridized carbons (Fsp3) is 0.545. The van der Waals surface area contributed by atoms with Crippen LogP contribution in [0.15, 0.2) is 41.3 Å². The van der Waals surface area contributed by atoms with Gasteiger partial charge in [-0.1, -0.05) is 50.1 Å². The maximum Gasteiger partial charge on any atom is 0.316 e. The summed E-state index contributed by atoms with van der Waals surface area (Å²) >= 11 is 1.76. The van der Waals surface area contributed by atoms with Gasteiger partial charge in [0.2, 0.25) is 0 Å². The largest absolute Gasteiger partial charge is 0.468 e. The fourth-order valence-electron chi connectivity index (χ4n) is 3.50. The van der Waals surface area contributed by atoms with Gasteiger partial charge in [-0.15, -0.1) is 11.8 Å². The molecule has 0 spiro atoms. The Morgan fingerprint density at radius 1 is 1.35 bits per heavy atom. The van der Waals surface area contributed by atoms with E-state index in [1.165, 1.54) is 36.8 Å². The molecule has 1 saturated carbocycles. The van der Waals surface area contributed by atoms with E-state index in [-0.39, 0.29) is 22.9 Å². The van der Waals surface area contributed by atoms with E-state index in [0.717, 1.165) is 12.8 Å². The van der Waals surface area contributed by atoms with E-state index in [1.54, 1.807) is 11.8 Å². The second-order valence-corrected chi connectivity index (χ2v) is 8.16. The lowest BCUT2D eigenvalue weighted by molar-refractivity contribution is -0.149. The normalized spacial score (nSPS) is 21.3. The summed E-state index contributed by atoms with van der Waals surface area (Å²) in [6.07, 6.45) is 10.3. The summed E-state index contributed by atoms with van der Waals surface area (Å²) in [5.74, 6) is -0.979. The first-order valence-corrected chi connectivity index (χ1v) is 10.5. The monoisotopic (exact) mass is 374 g/mol. The van der Waals surface area contributed by atoms with Crippen LogP contribution in [0.2, 0.25) is 0 Å². The van der Waals surface area contributed by atoms with E-state index in [0.29, 0.717) is 6.42 Å². The number of hydrogen-bond donors (Lipinski definition) is 0. The molecule has 3 atom stereocenters. The molecule has 0 amide bonds. The molecule has 1 aliphatic carbocycles. The summed E-state index contributed by atoms with van der Waals surface area (Å²) in [7, 11) is 1.37.